The summed E-state index contributed by atoms with van der Waals surface area (Å²) in [5.74, 6) is 0.552. The van der Waals surface area contributed by atoms with Crippen LogP contribution in [0.4, 0.5) is 11.5 Å². The fraction of sp³-hybridized carbons (Fsp3) is 0.250. The van der Waals surface area contributed by atoms with Crippen molar-refractivity contribution in [2.45, 2.75) is 0 Å². The number of nitrogens with zero attached hydrogens (tertiary/aromatic N) is 5. The van der Waals surface area contributed by atoms with Crippen LogP contribution in [-0.2, 0) is 4.74 Å². The van der Waals surface area contributed by atoms with Crippen molar-refractivity contribution in [2.24, 2.45) is 0 Å². The Morgan fingerprint density at radius 2 is 2.08 bits per heavy atom. The first-order chi connectivity index (χ1) is 12.2. The Hall–Kier alpha value is -2.71. The molecule has 0 aromatic carbocycles. The first-order valence-corrected chi connectivity index (χ1v) is 8.18. The van der Waals surface area contributed by atoms with Gasteiger partial charge in [0.25, 0.3) is 5.91 Å². The number of rotatable bonds is 3. The van der Waals surface area contributed by atoms with Gasteiger partial charge >= 0.3 is 0 Å². The topological polar surface area (TPSA) is 84.7 Å². The van der Waals surface area contributed by atoms with Crippen LogP contribution in [0.5, 0.6) is 0 Å². The zero-order chi connectivity index (χ0) is 17.2. The molecule has 1 saturated heterocycles. The molecule has 4 rings (SSSR count). The van der Waals surface area contributed by atoms with Crippen molar-refractivity contribution in [1.82, 2.24) is 24.5 Å². The van der Waals surface area contributed by atoms with Gasteiger partial charge in [-0.05, 0) is 12.1 Å². The minimum absolute atomic E-state index is 0.0371. The Kier molecular flexibility index (Phi) is 4.21. The van der Waals surface area contributed by atoms with Gasteiger partial charge in [0.15, 0.2) is 10.8 Å². The highest BCUT2D eigenvalue weighted by Crippen LogP contribution is 2.22. The first kappa shape index (κ1) is 15.8. The van der Waals surface area contributed by atoms with Gasteiger partial charge in [0.05, 0.1) is 24.5 Å². The van der Waals surface area contributed by atoms with E-state index in [0.29, 0.717) is 54.2 Å². The maximum Gasteiger partial charge on any atom is 0.255 e. The molecule has 0 spiro atoms. The van der Waals surface area contributed by atoms with E-state index in [-0.39, 0.29) is 5.91 Å². The Morgan fingerprint density at radius 1 is 1.24 bits per heavy atom. The molecule has 0 unspecified atom stereocenters. The highest BCUT2D eigenvalue weighted by atomic mass is 35.5. The lowest BCUT2D eigenvalue weighted by Crippen LogP contribution is -2.40. The molecule has 0 bridgehead atoms. The second kappa shape index (κ2) is 6.66. The molecule has 25 heavy (non-hydrogen) atoms. The molecule has 4 heterocycles. The van der Waals surface area contributed by atoms with Crippen LogP contribution in [-0.4, -0.2) is 56.7 Å². The summed E-state index contributed by atoms with van der Waals surface area (Å²) in [5.41, 5.74) is 1.87. The molecule has 3 aromatic rings. The van der Waals surface area contributed by atoms with Gasteiger partial charge in [0.2, 0.25) is 0 Å². The number of imidazole rings is 1. The molecule has 1 aliphatic heterocycles. The molecule has 9 heteroatoms. The molecule has 0 aliphatic carbocycles. The summed E-state index contributed by atoms with van der Waals surface area (Å²) in [6, 6.07) is 5.18. The van der Waals surface area contributed by atoms with Gasteiger partial charge in [0, 0.05) is 37.7 Å². The summed E-state index contributed by atoms with van der Waals surface area (Å²) >= 11 is 6.02. The van der Waals surface area contributed by atoms with E-state index in [2.05, 4.69) is 20.4 Å². The van der Waals surface area contributed by atoms with E-state index in [1.54, 1.807) is 46.2 Å². The summed E-state index contributed by atoms with van der Waals surface area (Å²) < 4.78 is 6.85. The zero-order valence-corrected chi connectivity index (χ0v) is 14.0. The molecular formula is C16H15ClN6O2. The smallest absolute Gasteiger partial charge is 0.255 e. The van der Waals surface area contributed by atoms with E-state index in [1.807, 2.05) is 0 Å². The van der Waals surface area contributed by atoms with Crippen LogP contribution in [0, 0.1) is 0 Å². The van der Waals surface area contributed by atoms with Gasteiger partial charge in [-0.3, -0.25) is 4.79 Å². The number of nitrogens with one attached hydrogen (secondary N) is 1. The Bertz CT molecular complexity index is 905. The van der Waals surface area contributed by atoms with Crippen LogP contribution in [0.15, 0.2) is 36.8 Å². The van der Waals surface area contributed by atoms with Crippen LogP contribution >= 0.6 is 11.6 Å². The summed E-state index contributed by atoms with van der Waals surface area (Å²) in [5, 5.41) is 7.62. The molecule has 0 atom stereocenters. The number of hydrogen-bond donors (Lipinski definition) is 1. The summed E-state index contributed by atoms with van der Waals surface area (Å²) in [7, 11) is 0. The number of halogens is 1. The zero-order valence-electron chi connectivity index (χ0n) is 13.2. The maximum atomic E-state index is 12.4. The van der Waals surface area contributed by atoms with Crippen molar-refractivity contribution in [3.8, 4) is 0 Å². The van der Waals surface area contributed by atoms with Crippen molar-refractivity contribution in [3.05, 3.63) is 47.5 Å². The molecule has 1 amide bonds. The number of aromatic nitrogens is 4. The average molecular weight is 359 g/mol. The van der Waals surface area contributed by atoms with Gasteiger partial charge in [0.1, 0.15) is 5.82 Å². The first-order valence-electron chi connectivity index (χ1n) is 7.81. The summed E-state index contributed by atoms with van der Waals surface area (Å²) in [4.78, 5) is 22.8. The number of amides is 1. The second-order valence-electron chi connectivity index (χ2n) is 5.54. The third-order valence-electron chi connectivity index (χ3n) is 3.90. The molecule has 1 N–H and O–H groups in total. The number of carbonyl (C=O) groups is 1. The van der Waals surface area contributed by atoms with Crippen LogP contribution in [0.25, 0.3) is 5.65 Å². The quantitative estimate of drug-likeness (QED) is 0.770. The van der Waals surface area contributed by atoms with Crippen LogP contribution in [0.1, 0.15) is 10.4 Å². The van der Waals surface area contributed by atoms with E-state index in [4.69, 9.17) is 16.3 Å². The predicted octanol–water partition coefficient (Wildman–Crippen LogP) is 1.99. The van der Waals surface area contributed by atoms with Crippen LogP contribution < -0.4 is 5.32 Å². The minimum Gasteiger partial charge on any atom is -0.378 e. The Morgan fingerprint density at radius 3 is 2.84 bits per heavy atom. The number of hydrogen-bond acceptors (Lipinski definition) is 6. The standard InChI is InChI=1S/C16H15ClN6O2/c17-13-9-12(15-18-3-4-23(15)21-13)20-14-2-1-11(10-19-14)16(24)22-5-7-25-8-6-22/h1-4,9-10H,5-8H2,(H,19,20). The van der Waals surface area contributed by atoms with Crippen molar-refractivity contribution in [2.75, 3.05) is 31.6 Å². The van der Waals surface area contributed by atoms with Crippen molar-refractivity contribution < 1.29 is 9.53 Å². The molecular weight excluding hydrogens is 344 g/mol. The van der Waals surface area contributed by atoms with Crippen LogP contribution in [0.2, 0.25) is 5.15 Å². The highest BCUT2D eigenvalue weighted by molar-refractivity contribution is 6.29. The highest BCUT2D eigenvalue weighted by Gasteiger charge is 2.18. The summed E-state index contributed by atoms with van der Waals surface area (Å²) in [6.45, 7) is 2.35. The van der Waals surface area contributed by atoms with E-state index in [9.17, 15) is 4.79 Å². The van der Waals surface area contributed by atoms with Crippen molar-refractivity contribution >= 4 is 34.7 Å². The molecule has 3 aromatic heterocycles. The Labute approximate surface area is 148 Å². The van der Waals surface area contributed by atoms with Crippen molar-refractivity contribution in [1.29, 1.82) is 0 Å². The third kappa shape index (κ3) is 3.26. The molecule has 128 valence electrons. The third-order valence-corrected chi connectivity index (χ3v) is 4.09. The lowest BCUT2D eigenvalue weighted by atomic mass is 10.2. The predicted molar refractivity (Wildman–Crippen MR) is 92.2 cm³/mol. The number of ether oxygens (including phenoxy) is 1. The minimum atomic E-state index is -0.0371. The number of morpholine rings is 1. The number of fused-ring (bicyclic) bond motifs is 1. The van der Waals surface area contributed by atoms with Gasteiger partial charge < -0.3 is 15.0 Å². The Balaban J connectivity index is 1.54. The van der Waals surface area contributed by atoms with E-state index in [1.165, 1.54) is 0 Å². The number of pyridine rings is 1. The van der Waals surface area contributed by atoms with E-state index < -0.39 is 0 Å². The fourth-order valence-electron chi connectivity index (χ4n) is 2.66. The summed E-state index contributed by atoms with van der Waals surface area (Å²) in [6.07, 6.45) is 4.91. The van der Waals surface area contributed by atoms with Crippen molar-refractivity contribution in [3.63, 3.8) is 0 Å². The van der Waals surface area contributed by atoms with Gasteiger partial charge in [-0.2, -0.15) is 5.10 Å². The second-order valence-corrected chi connectivity index (χ2v) is 5.93. The average Bonchev–Trinajstić information content (AvgIpc) is 3.11. The molecule has 0 radical (unpaired) electrons. The molecule has 0 saturated carbocycles. The largest absolute Gasteiger partial charge is 0.378 e. The number of anilines is 2. The normalized spacial score (nSPS) is 14.7. The molecule has 1 aliphatic rings. The lowest BCUT2D eigenvalue weighted by molar-refractivity contribution is 0.0302. The fourth-order valence-corrected chi connectivity index (χ4v) is 2.85. The molecule has 1 fully saturated rings. The van der Waals surface area contributed by atoms with E-state index in [0.717, 1.165) is 0 Å². The maximum absolute atomic E-state index is 12.4. The molecule has 8 nitrogen and oxygen atoms in total. The van der Waals surface area contributed by atoms with Gasteiger partial charge in [-0.25, -0.2) is 14.5 Å². The number of carbonyl (C=O) groups excluding carboxylic acids is 1. The SMILES string of the molecule is O=C(c1ccc(Nc2cc(Cl)nn3ccnc23)nc1)N1CCOCC1. The van der Waals surface area contributed by atoms with Crippen LogP contribution in [0.3, 0.4) is 0 Å². The van der Waals surface area contributed by atoms with Gasteiger partial charge in [-0.15, -0.1) is 0 Å². The van der Waals surface area contributed by atoms with Gasteiger partial charge in [-0.1, -0.05) is 11.6 Å². The lowest BCUT2D eigenvalue weighted by Gasteiger charge is -2.26. The van der Waals surface area contributed by atoms with E-state index >= 15 is 0 Å². The monoisotopic (exact) mass is 358 g/mol.